The number of rotatable bonds is 3. The van der Waals surface area contributed by atoms with E-state index < -0.39 is 11.6 Å². The van der Waals surface area contributed by atoms with Gasteiger partial charge >= 0.3 is 0 Å². The second kappa shape index (κ2) is 6.89. The van der Waals surface area contributed by atoms with Crippen LogP contribution in [0.5, 0.6) is 0 Å². The van der Waals surface area contributed by atoms with Gasteiger partial charge < -0.3 is 5.32 Å². The average Bonchev–Trinajstić information content (AvgIpc) is 2.70. The van der Waals surface area contributed by atoms with Gasteiger partial charge in [-0.25, -0.2) is 18.7 Å². The molecule has 0 aliphatic rings. The smallest absolute Gasteiger partial charge is 0.163 e. The molecule has 0 unspecified atom stereocenters. The zero-order valence-electron chi connectivity index (χ0n) is 14.2. The van der Waals surface area contributed by atoms with Gasteiger partial charge in [0, 0.05) is 41.2 Å². The third-order valence-electron chi connectivity index (χ3n) is 4.18. The molecule has 134 valence electrons. The molecule has 27 heavy (non-hydrogen) atoms. The maximum absolute atomic E-state index is 15.3. The van der Waals surface area contributed by atoms with Crippen LogP contribution < -0.4 is 5.32 Å². The fourth-order valence-electron chi connectivity index (χ4n) is 2.90. The highest BCUT2D eigenvalue weighted by Gasteiger charge is 2.18. The topological polar surface area (TPSA) is 50.7 Å². The summed E-state index contributed by atoms with van der Waals surface area (Å²) in [7, 11) is 1.64. The van der Waals surface area contributed by atoms with Crippen LogP contribution in [0.3, 0.4) is 0 Å². The molecule has 0 aliphatic heterocycles. The van der Waals surface area contributed by atoms with Gasteiger partial charge in [0.1, 0.15) is 17.5 Å². The molecule has 2 aromatic heterocycles. The van der Waals surface area contributed by atoms with Crippen LogP contribution in [0.25, 0.3) is 33.4 Å². The van der Waals surface area contributed by atoms with Gasteiger partial charge in [-0.2, -0.15) is 0 Å². The lowest BCUT2D eigenvalue weighted by Crippen LogP contribution is -2.02. The van der Waals surface area contributed by atoms with Crippen molar-refractivity contribution in [1.29, 1.82) is 0 Å². The quantitative estimate of drug-likeness (QED) is 0.520. The number of anilines is 1. The summed E-state index contributed by atoms with van der Waals surface area (Å²) >= 11 is 5.95. The molecular formula is C20H13ClF2N4. The molecule has 0 radical (unpaired) electrons. The minimum absolute atomic E-state index is 0.0836. The molecule has 0 spiro atoms. The fraction of sp³-hybridized carbons (Fsp3) is 0.0500. The van der Waals surface area contributed by atoms with E-state index >= 15 is 4.39 Å². The number of hydrogen-bond acceptors (Lipinski definition) is 4. The van der Waals surface area contributed by atoms with E-state index in [1.165, 1.54) is 24.3 Å². The van der Waals surface area contributed by atoms with Crippen molar-refractivity contribution in [2.75, 3.05) is 12.4 Å². The normalized spacial score (nSPS) is 11.0. The van der Waals surface area contributed by atoms with E-state index in [0.29, 0.717) is 27.7 Å². The minimum Gasteiger partial charge on any atom is -0.372 e. The van der Waals surface area contributed by atoms with Crippen LogP contribution in [0.4, 0.5) is 14.6 Å². The number of nitrogens with zero attached hydrogens (tertiary/aromatic N) is 3. The molecule has 1 N–H and O–H groups in total. The molecule has 0 bridgehead atoms. The Morgan fingerprint density at radius 1 is 1.00 bits per heavy atom. The fourth-order valence-corrected chi connectivity index (χ4v) is 3.07. The molecule has 2 heterocycles. The van der Waals surface area contributed by atoms with Gasteiger partial charge in [-0.15, -0.1) is 0 Å². The van der Waals surface area contributed by atoms with Crippen LogP contribution in [0.1, 0.15) is 0 Å². The first-order chi connectivity index (χ1) is 13.1. The van der Waals surface area contributed by atoms with Crippen molar-refractivity contribution >= 4 is 28.3 Å². The Morgan fingerprint density at radius 3 is 2.59 bits per heavy atom. The Balaban J connectivity index is 1.97. The zero-order valence-corrected chi connectivity index (χ0v) is 14.9. The van der Waals surface area contributed by atoms with E-state index in [-0.39, 0.29) is 16.5 Å². The first kappa shape index (κ1) is 17.3. The van der Waals surface area contributed by atoms with Gasteiger partial charge in [0.05, 0.1) is 10.9 Å². The van der Waals surface area contributed by atoms with Crippen molar-refractivity contribution in [2.24, 2.45) is 0 Å². The summed E-state index contributed by atoms with van der Waals surface area (Å²) in [6.45, 7) is 0. The Kier molecular flexibility index (Phi) is 4.41. The SMILES string of the molecule is CNc1nc(-c2cccnc2)nc2ccc(-c3cc(Cl)ccc3F)c(F)c12. The number of hydrogen-bond donors (Lipinski definition) is 1. The highest BCUT2D eigenvalue weighted by molar-refractivity contribution is 6.30. The standard InChI is InChI=1S/C20H13ClF2N4/c1-24-20-17-16(26-19(27-20)11-3-2-8-25-10-11)7-5-13(18(17)23)14-9-12(21)4-6-15(14)22/h2-10H,1H3,(H,24,26,27). The van der Waals surface area contributed by atoms with Crippen LogP contribution in [-0.4, -0.2) is 22.0 Å². The lowest BCUT2D eigenvalue weighted by atomic mass is 10.0. The first-order valence-corrected chi connectivity index (χ1v) is 8.50. The van der Waals surface area contributed by atoms with Gasteiger partial charge in [0.15, 0.2) is 5.82 Å². The molecule has 0 saturated carbocycles. The number of benzene rings is 2. The Morgan fingerprint density at radius 2 is 1.85 bits per heavy atom. The number of aromatic nitrogens is 3. The highest BCUT2D eigenvalue weighted by Crippen LogP contribution is 2.35. The predicted octanol–water partition coefficient (Wildman–Crippen LogP) is 5.33. The number of fused-ring (bicyclic) bond motifs is 1. The lowest BCUT2D eigenvalue weighted by Gasteiger charge is -2.12. The van der Waals surface area contributed by atoms with Gasteiger partial charge in [0.2, 0.25) is 0 Å². The predicted molar refractivity (Wildman–Crippen MR) is 103 cm³/mol. The van der Waals surface area contributed by atoms with Crippen LogP contribution in [0, 0.1) is 11.6 Å². The Labute approximate surface area is 158 Å². The molecule has 0 atom stereocenters. The van der Waals surface area contributed by atoms with Crippen LogP contribution >= 0.6 is 11.6 Å². The third-order valence-corrected chi connectivity index (χ3v) is 4.41. The van der Waals surface area contributed by atoms with Gasteiger partial charge in [-0.05, 0) is 42.5 Å². The molecule has 2 aromatic carbocycles. The van der Waals surface area contributed by atoms with Crippen LogP contribution in [0.2, 0.25) is 5.02 Å². The molecule has 4 aromatic rings. The lowest BCUT2D eigenvalue weighted by molar-refractivity contribution is 0.621. The van der Waals surface area contributed by atoms with Crippen molar-refractivity contribution in [3.05, 3.63) is 71.5 Å². The Bertz CT molecular complexity index is 1150. The molecule has 4 nitrogen and oxygen atoms in total. The minimum atomic E-state index is -0.615. The second-order valence-electron chi connectivity index (χ2n) is 5.83. The molecule has 0 saturated heterocycles. The summed E-state index contributed by atoms with van der Waals surface area (Å²) < 4.78 is 29.5. The summed E-state index contributed by atoms with van der Waals surface area (Å²) in [4.78, 5) is 12.9. The summed E-state index contributed by atoms with van der Waals surface area (Å²) in [5, 5.41) is 3.40. The monoisotopic (exact) mass is 382 g/mol. The Hall–Kier alpha value is -3.12. The zero-order chi connectivity index (χ0) is 19.0. The number of halogens is 3. The third kappa shape index (κ3) is 3.08. The summed E-state index contributed by atoms with van der Waals surface area (Å²) in [6.07, 6.45) is 3.28. The van der Waals surface area contributed by atoms with Gasteiger partial charge in [0.25, 0.3) is 0 Å². The molecule has 0 amide bonds. The van der Waals surface area contributed by atoms with Crippen LogP contribution in [0.15, 0.2) is 54.9 Å². The van der Waals surface area contributed by atoms with E-state index in [4.69, 9.17) is 11.6 Å². The number of nitrogens with one attached hydrogen (secondary N) is 1. The average molecular weight is 383 g/mol. The summed E-state index contributed by atoms with van der Waals surface area (Å²) in [5.41, 5.74) is 1.29. The van der Waals surface area contributed by atoms with E-state index in [1.807, 2.05) is 6.07 Å². The van der Waals surface area contributed by atoms with Gasteiger partial charge in [-0.3, -0.25) is 4.98 Å². The maximum atomic E-state index is 15.3. The molecular weight excluding hydrogens is 370 g/mol. The van der Waals surface area contributed by atoms with Crippen LogP contribution in [-0.2, 0) is 0 Å². The van der Waals surface area contributed by atoms with E-state index in [2.05, 4.69) is 20.3 Å². The molecule has 0 fully saturated rings. The van der Waals surface area contributed by atoms with Gasteiger partial charge in [-0.1, -0.05) is 11.6 Å². The molecule has 7 heteroatoms. The van der Waals surface area contributed by atoms with Crippen molar-refractivity contribution in [3.63, 3.8) is 0 Å². The molecule has 0 aliphatic carbocycles. The van der Waals surface area contributed by atoms with Crippen molar-refractivity contribution < 1.29 is 8.78 Å². The highest BCUT2D eigenvalue weighted by atomic mass is 35.5. The second-order valence-corrected chi connectivity index (χ2v) is 6.27. The van der Waals surface area contributed by atoms with E-state index in [0.717, 1.165) is 0 Å². The van der Waals surface area contributed by atoms with Crippen molar-refractivity contribution in [2.45, 2.75) is 0 Å². The molecule has 4 rings (SSSR count). The largest absolute Gasteiger partial charge is 0.372 e. The summed E-state index contributed by atoms with van der Waals surface area (Å²) in [6, 6.07) is 10.7. The summed E-state index contributed by atoms with van der Waals surface area (Å²) in [5.74, 6) is -0.450. The number of pyridine rings is 1. The van der Waals surface area contributed by atoms with E-state index in [9.17, 15) is 4.39 Å². The van der Waals surface area contributed by atoms with E-state index in [1.54, 1.807) is 31.6 Å². The maximum Gasteiger partial charge on any atom is 0.163 e. The van der Waals surface area contributed by atoms with Crippen molar-refractivity contribution in [3.8, 4) is 22.5 Å². The van der Waals surface area contributed by atoms with Crippen molar-refractivity contribution in [1.82, 2.24) is 15.0 Å². The first-order valence-electron chi connectivity index (χ1n) is 8.12.